The Morgan fingerprint density at radius 2 is 1.61 bits per heavy atom. The molecule has 2 heterocycles. The normalized spacial score (nSPS) is 27.2. The minimum absolute atomic E-state index is 0.128. The smallest absolute Gasteiger partial charge is 0.234 e. The molecule has 2 N–H and O–H groups in total. The third-order valence-electron chi connectivity index (χ3n) is 8.12. The first-order chi connectivity index (χ1) is 15.7. The highest BCUT2D eigenvalue weighted by atomic mass is 16.2. The molecule has 33 heavy (non-hydrogen) atoms. The van der Waals surface area contributed by atoms with E-state index in [9.17, 15) is 9.59 Å². The van der Waals surface area contributed by atoms with E-state index in [4.69, 9.17) is 0 Å². The van der Waals surface area contributed by atoms with Gasteiger partial charge in [-0.05, 0) is 77.7 Å². The van der Waals surface area contributed by atoms with Gasteiger partial charge < -0.3 is 10.6 Å². The number of carbonyl (C=O) groups is 2. The van der Waals surface area contributed by atoms with Crippen molar-refractivity contribution in [1.82, 2.24) is 15.5 Å². The van der Waals surface area contributed by atoms with Crippen LogP contribution in [-0.2, 0) is 15.0 Å². The minimum atomic E-state index is -0.364. The summed E-state index contributed by atoms with van der Waals surface area (Å²) < 4.78 is 0. The standard InChI is InChI=1S/C28H43N3O2/c1-20-8-10-22(11-9-20)28(14-6-5-7-15-28)26(33)29-18-21-16-23-12-13-24(17-21)31(23)19-25(32)30-27(2,3)4/h8-11,21,23-24H,5-7,12-19H2,1-4H3,(H,29,33)(H,30,32)/t21-,23-,24+. The zero-order chi connectivity index (χ0) is 23.6. The molecule has 4 rings (SSSR count). The molecule has 1 aromatic carbocycles. The molecule has 182 valence electrons. The lowest BCUT2D eigenvalue weighted by atomic mass is 9.68. The maximum absolute atomic E-state index is 13.6. The van der Waals surface area contributed by atoms with Gasteiger partial charge in [-0.3, -0.25) is 14.5 Å². The topological polar surface area (TPSA) is 61.4 Å². The molecule has 1 saturated carbocycles. The van der Waals surface area contributed by atoms with Gasteiger partial charge in [-0.25, -0.2) is 0 Å². The first-order valence-corrected chi connectivity index (χ1v) is 13.1. The molecular weight excluding hydrogens is 410 g/mol. The van der Waals surface area contributed by atoms with E-state index in [2.05, 4.69) is 46.7 Å². The highest BCUT2D eigenvalue weighted by Crippen LogP contribution is 2.41. The van der Waals surface area contributed by atoms with Crippen LogP contribution in [0.2, 0.25) is 0 Å². The monoisotopic (exact) mass is 453 g/mol. The fraction of sp³-hybridized carbons (Fsp3) is 0.714. The van der Waals surface area contributed by atoms with Crippen LogP contribution in [0.25, 0.3) is 0 Å². The summed E-state index contributed by atoms with van der Waals surface area (Å²) in [6.45, 7) is 9.47. The second kappa shape index (κ2) is 9.77. The number of carbonyl (C=O) groups excluding carboxylic acids is 2. The van der Waals surface area contributed by atoms with E-state index in [-0.39, 0.29) is 22.8 Å². The van der Waals surface area contributed by atoms with Crippen LogP contribution < -0.4 is 10.6 Å². The van der Waals surface area contributed by atoms with E-state index in [1.807, 2.05) is 20.8 Å². The first-order valence-electron chi connectivity index (χ1n) is 13.1. The molecule has 5 nitrogen and oxygen atoms in total. The van der Waals surface area contributed by atoms with Gasteiger partial charge >= 0.3 is 0 Å². The third-order valence-corrected chi connectivity index (χ3v) is 8.12. The fourth-order valence-electron chi connectivity index (χ4n) is 6.52. The van der Waals surface area contributed by atoms with Crippen molar-refractivity contribution < 1.29 is 9.59 Å². The number of nitrogens with zero attached hydrogens (tertiary/aromatic N) is 1. The third kappa shape index (κ3) is 5.62. The number of hydrogen-bond donors (Lipinski definition) is 2. The van der Waals surface area contributed by atoms with Gasteiger partial charge in [0.1, 0.15) is 0 Å². The van der Waals surface area contributed by atoms with Crippen LogP contribution in [0, 0.1) is 12.8 Å². The highest BCUT2D eigenvalue weighted by Gasteiger charge is 2.44. The number of aryl methyl sites for hydroxylation is 1. The van der Waals surface area contributed by atoms with Crippen molar-refractivity contribution in [3.8, 4) is 0 Å². The Kier molecular flexibility index (Phi) is 7.18. The predicted molar refractivity (Wildman–Crippen MR) is 133 cm³/mol. The number of nitrogens with one attached hydrogen (secondary N) is 2. The quantitative estimate of drug-likeness (QED) is 0.668. The molecule has 5 heteroatoms. The first kappa shape index (κ1) is 24.3. The summed E-state index contributed by atoms with van der Waals surface area (Å²) in [5.41, 5.74) is 1.87. The largest absolute Gasteiger partial charge is 0.355 e. The van der Waals surface area contributed by atoms with Gasteiger partial charge in [0.15, 0.2) is 0 Å². The summed E-state index contributed by atoms with van der Waals surface area (Å²) in [5.74, 6) is 0.862. The number of piperidine rings is 1. The molecule has 2 amide bonds. The molecular formula is C28H43N3O2. The second-order valence-electron chi connectivity index (χ2n) is 11.9. The molecule has 0 unspecified atom stereocenters. The highest BCUT2D eigenvalue weighted by molar-refractivity contribution is 5.88. The van der Waals surface area contributed by atoms with Gasteiger partial charge in [0.05, 0.1) is 12.0 Å². The Morgan fingerprint density at radius 3 is 2.18 bits per heavy atom. The summed E-state index contributed by atoms with van der Waals surface area (Å²) in [4.78, 5) is 28.5. The minimum Gasteiger partial charge on any atom is -0.355 e. The molecule has 0 radical (unpaired) electrons. The number of hydrogen-bond acceptors (Lipinski definition) is 3. The molecule has 0 aromatic heterocycles. The van der Waals surface area contributed by atoms with Gasteiger partial charge in [-0.2, -0.15) is 0 Å². The van der Waals surface area contributed by atoms with E-state index in [1.54, 1.807) is 0 Å². The number of amides is 2. The van der Waals surface area contributed by atoms with Crippen molar-refractivity contribution >= 4 is 11.8 Å². The van der Waals surface area contributed by atoms with Gasteiger partial charge in [0.2, 0.25) is 11.8 Å². The van der Waals surface area contributed by atoms with E-state index < -0.39 is 0 Å². The number of fused-ring (bicyclic) bond motifs is 2. The van der Waals surface area contributed by atoms with E-state index in [0.29, 0.717) is 24.5 Å². The molecule has 3 aliphatic rings. The molecule has 2 aliphatic heterocycles. The van der Waals surface area contributed by atoms with E-state index >= 15 is 0 Å². The van der Waals surface area contributed by atoms with Gasteiger partial charge in [-0.1, -0.05) is 49.1 Å². The SMILES string of the molecule is Cc1ccc(C2(C(=O)NC[C@@H]3C[C@H]4CC[C@@H](C3)N4CC(=O)NC(C)(C)C)CCCCC2)cc1. The lowest BCUT2D eigenvalue weighted by Gasteiger charge is -2.40. The van der Waals surface area contributed by atoms with Crippen LogP contribution in [0.4, 0.5) is 0 Å². The molecule has 3 atom stereocenters. The molecule has 1 aromatic rings. The Bertz CT molecular complexity index is 822. The molecule has 2 bridgehead atoms. The number of benzene rings is 1. The van der Waals surface area contributed by atoms with E-state index in [0.717, 1.165) is 45.1 Å². The average molecular weight is 454 g/mol. The second-order valence-corrected chi connectivity index (χ2v) is 11.9. The van der Waals surface area contributed by atoms with Crippen molar-refractivity contribution in [2.24, 2.45) is 5.92 Å². The van der Waals surface area contributed by atoms with Crippen molar-refractivity contribution in [3.63, 3.8) is 0 Å². The fourth-order valence-corrected chi connectivity index (χ4v) is 6.52. The predicted octanol–water partition coefficient (Wildman–Crippen LogP) is 4.47. The zero-order valence-electron chi connectivity index (χ0n) is 21.1. The maximum Gasteiger partial charge on any atom is 0.234 e. The molecule has 3 fully saturated rings. The van der Waals surface area contributed by atoms with Crippen molar-refractivity contribution in [2.75, 3.05) is 13.1 Å². The lowest BCUT2D eigenvalue weighted by Crippen LogP contribution is -2.52. The Hall–Kier alpha value is -1.88. The summed E-state index contributed by atoms with van der Waals surface area (Å²) in [7, 11) is 0. The van der Waals surface area contributed by atoms with Crippen LogP contribution in [0.1, 0.15) is 89.7 Å². The van der Waals surface area contributed by atoms with Gasteiger partial charge in [0, 0.05) is 24.2 Å². The molecule has 1 aliphatic carbocycles. The summed E-state index contributed by atoms with van der Waals surface area (Å²) in [5, 5.41) is 6.50. The number of rotatable bonds is 6. The van der Waals surface area contributed by atoms with Crippen molar-refractivity contribution in [3.05, 3.63) is 35.4 Å². The Labute approximate surface area is 200 Å². The van der Waals surface area contributed by atoms with Crippen molar-refractivity contribution in [2.45, 2.75) is 109 Å². The van der Waals surface area contributed by atoms with Gasteiger partial charge in [0.25, 0.3) is 0 Å². The Balaban J connectivity index is 1.35. The zero-order valence-corrected chi connectivity index (χ0v) is 21.1. The molecule has 2 saturated heterocycles. The molecule has 0 spiro atoms. The summed E-state index contributed by atoms with van der Waals surface area (Å²) in [6.07, 6.45) is 9.89. The average Bonchev–Trinajstić information content (AvgIpc) is 2.99. The van der Waals surface area contributed by atoms with Crippen LogP contribution in [0.15, 0.2) is 24.3 Å². The maximum atomic E-state index is 13.6. The summed E-state index contributed by atoms with van der Waals surface area (Å²) in [6, 6.07) is 9.56. The van der Waals surface area contributed by atoms with Crippen LogP contribution in [-0.4, -0.2) is 47.4 Å². The van der Waals surface area contributed by atoms with Crippen molar-refractivity contribution in [1.29, 1.82) is 0 Å². The van der Waals surface area contributed by atoms with Crippen LogP contribution in [0.5, 0.6) is 0 Å². The lowest BCUT2D eigenvalue weighted by molar-refractivity contribution is -0.128. The Morgan fingerprint density at radius 1 is 1.00 bits per heavy atom. The van der Waals surface area contributed by atoms with Crippen LogP contribution >= 0.6 is 0 Å². The van der Waals surface area contributed by atoms with E-state index in [1.165, 1.54) is 30.4 Å². The van der Waals surface area contributed by atoms with Crippen LogP contribution in [0.3, 0.4) is 0 Å². The summed E-state index contributed by atoms with van der Waals surface area (Å²) >= 11 is 0. The van der Waals surface area contributed by atoms with Gasteiger partial charge in [-0.15, -0.1) is 0 Å².